The summed E-state index contributed by atoms with van der Waals surface area (Å²) in [7, 11) is 3.62. The quantitative estimate of drug-likeness (QED) is 0.771. The van der Waals surface area contributed by atoms with Crippen LogP contribution in [-0.4, -0.2) is 37.0 Å². The molecule has 1 fully saturated rings. The van der Waals surface area contributed by atoms with E-state index in [9.17, 15) is 4.79 Å². The molecule has 0 aromatic rings. The first-order chi connectivity index (χ1) is 7.02. The number of amides is 1. The standard InChI is InChI=1S/C12H24N2O/c1-9-7-5-6-8-11(9)13-10(2)12(15)14(3)4/h9-11,13H,5-8H2,1-4H3/t9?,10-,11?/m1/s1. The zero-order valence-corrected chi connectivity index (χ0v) is 10.4. The fourth-order valence-corrected chi connectivity index (χ4v) is 2.34. The number of hydrogen-bond donors (Lipinski definition) is 1. The first-order valence-electron chi connectivity index (χ1n) is 5.99. The molecule has 0 bridgehead atoms. The van der Waals surface area contributed by atoms with Gasteiger partial charge in [-0.1, -0.05) is 19.8 Å². The molecule has 1 aliphatic rings. The highest BCUT2D eigenvalue weighted by Crippen LogP contribution is 2.24. The molecule has 3 heteroatoms. The summed E-state index contributed by atoms with van der Waals surface area (Å²) in [5, 5.41) is 3.46. The van der Waals surface area contributed by atoms with Crippen LogP contribution < -0.4 is 5.32 Å². The van der Waals surface area contributed by atoms with Crippen molar-refractivity contribution in [3.63, 3.8) is 0 Å². The summed E-state index contributed by atoms with van der Waals surface area (Å²) in [4.78, 5) is 13.3. The van der Waals surface area contributed by atoms with Crippen molar-refractivity contribution in [1.29, 1.82) is 0 Å². The molecule has 1 N–H and O–H groups in total. The fraction of sp³-hybridized carbons (Fsp3) is 0.917. The third-order valence-electron chi connectivity index (χ3n) is 3.39. The molecular weight excluding hydrogens is 188 g/mol. The van der Waals surface area contributed by atoms with Crippen molar-refractivity contribution in [2.24, 2.45) is 5.92 Å². The van der Waals surface area contributed by atoms with Crippen LogP contribution in [0.5, 0.6) is 0 Å². The molecule has 15 heavy (non-hydrogen) atoms. The fourth-order valence-electron chi connectivity index (χ4n) is 2.34. The summed E-state index contributed by atoms with van der Waals surface area (Å²) in [6.45, 7) is 4.24. The van der Waals surface area contributed by atoms with Crippen LogP contribution in [0.2, 0.25) is 0 Å². The maximum Gasteiger partial charge on any atom is 0.238 e. The first kappa shape index (κ1) is 12.5. The van der Waals surface area contributed by atoms with E-state index in [4.69, 9.17) is 0 Å². The summed E-state index contributed by atoms with van der Waals surface area (Å²) in [5.41, 5.74) is 0. The second-order valence-electron chi connectivity index (χ2n) is 4.99. The summed E-state index contributed by atoms with van der Waals surface area (Å²) >= 11 is 0. The van der Waals surface area contributed by atoms with E-state index in [-0.39, 0.29) is 11.9 Å². The van der Waals surface area contributed by atoms with Crippen molar-refractivity contribution < 1.29 is 4.79 Å². The molecule has 1 aliphatic carbocycles. The Bertz CT molecular complexity index is 216. The van der Waals surface area contributed by atoms with Crippen LogP contribution in [0.25, 0.3) is 0 Å². The highest BCUT2D eigenvalue weighted by molar-refractivity contribution is 5.80. The molecule has 0 saturated heterocycles. The number of nitrogens with zero attached hydrogens (tertiary/aromatic N) is 1. The Morgan fingerprint density at radius 1 is 1.33 bits per heavy atom. The monoisotopic (exact) mass is 212 g/mol. The molecule has 1 rings (SSSR count). The van der Waals surface area contributed by atoms with Gasteiger partial charge in [-0.15, -0.1) is 0 Å². The van der Waals surface area contributed by atoms with Gasteiger partial charge in [0.05, 0.1) is 6.04 Å². The molecule has 0 aromatic heterocycles. The molecular formula is C12H24N2O. The highest BCUT2D eigenvalue weighted by atomic mass is 16.2. The minimum atomic E-state index is -0.0504. The topological polar surface area (TPSA) is 32.3 Å². The Labute approximate surface area is 93.2 Å². The van der Waals surface area contributed by atoms with Crippen molar-refractivity contribution in [3.05, 3.63) is 0 Å². The van der Waals surface area contributed by atoms with E-state index in [1.807, 2.05) is 21.0 Å². The van der Waals surface area contributed by atoms with Crippen LogP contribution in [0.4, 0.5) is 0 Å². The molecule has 2 unspecified atom stereocenters. The van der Waals surface area contributed by atoms with E-state index < -0.39 is 0 Å². The number of carbonyl (C=O) groups excluding carboxylic acids is 1. The van der Waals surface area contributed by atoms with E-state index >= 15 is 0 Å². The van der Waals surface area contributed by atoms with Gasteiger partial charge in [0, 0.05) is 20.1 Å². The molecule has 0 radical (unpaired) electrons. The predicted octanol–water partition coefficient (Wildman–Crippen LogP) is 1.63. The minimum Gasteiger partial charge on any atom is -0.347 e. The van der Waals surface area contributed by atoms with Gasteiger partial charge in [0.2, 0.25) is 5.91 Å². The Kier molecular flexibility index (Phi) is 4.58. The van der Waals surface area contributed by atoms with E-state index in [2.05, 4.69) is 12.2 Å². The molecule has 1 amide bonds. The second kappa shape index (κ2) is 5.50. The van der Waals surface area contributed by atoms with Gasteiger partial charge in [0.25, 0.3) is 0 Å². The Hall–Kier alpha value is -0.570. The minimum absolute atomic E-state index is 0.0504. The average Bonchev–Trinajstić information content (AvgIpc) is 2.20. The molecule has 1 saturated carbocycles. The van der Waals surface area contributed by atoms with Gasteiger partial charge in [0.15, 0.2) is 0 Å². The number of hydrogen-bond acceptors (Lipinski definition) is 2. The average molecular weight is 212 g/mol. The highest BCUT2D eigenvalue weighted by Gasteiger charge is 2.25. The zero-order chi connectivity index (χ0) is 11.4. The molecule has 3 atom stereocenters. The normalized spacial score (nSPS) is 28.5. The van der Waals surface area contributed by atoms with Crippen LogP contribution in [0.3, 0.4) is 0 Å². The Morgan fingerprint density at radius 3 is 2.47 bits per heavy atom. The smallest absolute Gasteiger partial charge is 0.238 e. The summed E-state index contributed by atoms with van der Waals surface area (Å²) in [5.74, 6) is 0.879. The second-order valence-corrected chi connectivity index (χ2v) is 4.99. The molecule has 0 aromatic carbocycles. The Morgan fingerprint density at radius 2 is 1.93 bits per heavy atom. The van der Waals surface area contributed by atoms with Crippen molar-refractivity contribution in [2.75, 3.05) is 14.1 Å². The molecule has 88 valence electrons. The number of likely N-dealkylation sites (N-methyl/N-ethyl adjacent to an activating group) is 1. The maximum atomic E-state index is 11.7. The van der Waals surface area contributed by atoms with Crippen LogP contribution in [0.15, 0.2) is 0 Å². The molecule has 0 aliphatic heterocycles. The SMILES string of the molecule is CC1CCCCC1N[C@H](C)C(=O)N(C)C. The van der Waals surface area contributed by atoms with Crippen molar-refractivity contribution in [1.82, 2.24) is 10.2 Å². The third-order valence-corrected chi connectivity index (χ3v) is 3.39. The van der Waals surface area contributed by atoms with Gasteiger partial charge >= 0.3 is 0 Å². The Balaban J connectivity index is 2.42. The number of nitrogens with one attached hydrogen (secondary N) is 1. The lowest BCUT2D eigenvalue weighted by atomic mass is 9.85. The first-order valence-corrected chi connectivity index (χ1v) is 5.99. The van der Waals surface area contributed by atoms with Gasteiger partial charge in [-0.3, -0.25) is 4.79 Å². The van der Waals surface area contributed by atoms with Gasteiger partial charge in [0.1, 0.15) is 0 Å². The van der Waals surface area contributed by atoms with E-state index in [1.165, 1.54) is 25.7 Å². The van der Waals surface area contributed by atoms with E-state index in [0.717, 1.165) is 0 Å². The summed E-state index contributed by atoms with van der Waals surface area (Å²) < 4.78 is 0. The predicted molar refractivity (Wildman–Crippen MR) is 62.7 cm³/mol. The van der Waals surface area contributed by atoms with E-state index in [1.54, 1.807) is 4.90 Å². The molecule has 0 heterocycles. The van der Waals surface area contributed by atoms with Crippen molar-refractivity contribution in [3.8, 4) is 0 Å². The molecule has 3 nitrogen and oxygen atoms in total. The van der Waals surface area contributed by atoms with Gasteiger partial charge < -0.3 is 10.2 Å². The van der Waals surface area contributed by atoms with Gasteiger partial charge in [-0.05, 0) is 25.7 Å². The lowest BCUT2D eigenvalue weighted by Gasteiger charge is -2.32. The maximum absolute atomic E-state index is 11.7. The number of carbonyl (C=O) groups is 1. The van der Waals surface area contributed by atoms with Crippen LogP contribution >= 0.6 is 0 Å². The zero-order valence-electron chi connectivity index (χ0n) is 10.4. The lowest BCUT2D eigenvalue weighted by Crippen LogP contribution is -2.49. The van der Waals surface area contributed by atoms with Crippen molar-refractivity contribution in [2.45, 2.75) is 51.6 Å². The summed E-state index contributed by atoms with van der Waals surface area (Å²) in [6, 6.07) is 0.475. The van der Waals surface area contributed by atoms with Gasteiger partial charge in [-0.2, -0.15) is 0 Å². The van der Waals surface area contributed by atoms with Crippen molar-refractivity contribution >= 4 is 5.91 Å². The van der Waals surface area contributed by atoms with Crippen LogP contribution in [0, 0.1) is 5.92 Å². The van der Waals surface area contributed by atoms with Crippen LogP contribution in [0.1, 0.15) is 39.5 Å². The number of rotatable bonds is 3. The summed E-state index contributed by atoms with van der Waals surface area (Å²) in [6.07, 6.45) is 5.15. The van der Waals surface area contributed by atoms with E-state index in [0.29, 0.717) is 12.0 Å². The largest absolute Gasteiger partial charge is 0.347 e. The van der Waals surface area contributed by atoms with Crippen LogP contribution in [-0.2, 0) is 4.79 Å². The lowest BCUT2D eigenvalue weighted by molar-refractivity contribution is -0.130. The van der Waals surface area contributed by atoms with Gasteiger partial charge in [-0.25, -0.2) is 0 Å². The third kappa shape index (κ3) is 3.49. The molecule has 0 spiro atoms.